The smallest absolute Gasteiger partial charge is 0.251 e. The molecule has 0 bridgehead atoms. The number of rotatable bonds is 8. The number of Topliss-reactive ketones (excluding diaryl/α,β-unsaturated/α-hetero) is 1. The van der Waals surface area contributed by atoms with Gasteiger partial charge in [-0.2, -0.15) is 5.10 Å². The van der Waals surface area contributed by atoms with Crippen LogP contribution in [0.25, 0.3) is 0 Å². The van der Waals surface area contributed by atoms with Crippen LogP contribution in [0.1, 0.15) is 37.7 Å². The van der Waals surface area contributed by atoms with Crippen LogP contribution in [-0.4, -0.2) is 26.5 Å². The SMILES string of the molecule is Cc1c(Oc2ccnc(CC(=O)c3ccnn3C)c2)cccc1C(=O)NCc1ccc(Cl)cc1. The van der Waals surface area contributed by atoms with Crippen molar-refractivity contribution in [3.63, 3.8) is 0 Å². The minimum atomic E-state index is -0.199. The van der Waals surface area contributed by atoms with Gasteiger partial charge in [-0.1, -0.05) is 29.8 Å². The third-order valence-electron chi connectivity index (χ3n) is 5.36. The number of hydrogen-bond acceptors (Lipinski definition) is 5. The molecule has 4 rings (SSSR count). The van der Waals surface area contributed by atoms with Gasteiger partial charge in [0.1, 0.15) is 17.2 Å². The number of pyridine rings is 1. The monoisotopic (exact) mass is 474 g/mol. The number of carbonyl (C=O) groups excluding carboxylic acids is 2. The third-order valence-corrected chi connectivity index (χ3v) is 5.61. The Morgan fingerprint density at radius 3 is 2.59 bits per heavy atom. The number of ketones is 1. The average Bonchev–Trinajstić information content (AvgIpc) is 3.26. The summed E-state index contributed by atoms with van der Waals surface area (Å²) in [6, 6.07) is 17.8. The van der Waals surface area contributed by atoms with Gasteiger partial charge in [0.05, 0.1) is 12.1 Å². The van der Waals surface area contributed by atoms with Crippen LogP contribution in [0.15, 0.2) is 73.1 Å². The Labute approximate surface area is 202 Å². The average molecular weight is 475 g/mol. The van der Waals surface area contributed by atoms with Crippen LogP contribution >= 0.6 is 11.6 Å². The van der Waals surface area contributed by atoms with Crippen LogP contribution in [0.5, 0.6) is 11.5 Å². The predicted octanol–water partition coefficient (Wildman–Crippen LogP) is 4.92. The minimum absolute atomic E-state index is 0.0832. The predicted molar refractivity (Wildman–Crippen MR) is 129 cm³/mol. The zero-order chi connectivity index (χ0) is 24.1. The van der Waals surface area contributed by atoms with Gasteiger partial charge in [-0.25, -0.2) is 0 Å². The van der Waals surface area contributed by atoms with Gasteiger partial charge in [0.25, 0.3) is 5.91 Å². The summed E-state index contributed by atoms with van der Waals surface area (Å²) in [5, 5.41) is 7.60. The molecule has 172 valence electrons. The number of aromatic nitrogens is 3. The second-order valence-corrected chi connectivity index (χ2v) is 8.20. The molecule has 34 heavy (non-hydrogen) atoms. The molecule has 2 aromatic carbocycles. The largest absolute Gasteiger partial charge is 0.457 e. The first-order valence-electron chi connectivity index (χ1n) is 10.7. The molecular weight excluding hydrogens is 452 g/mol. The maximum Gasteiger partial charge on any atom is 0.251 e. The van der Waals surface area contributed by atoms with E-state index in [1.54, 1.807) is 68.0 Å². The molecule has 0 aliphatic carbocycles. The van der Waals surface area contributed by atoms with E-state index in [9.17, 15) is 9.59 Å². The summed E-state index contributed by atoms with van der Waals surface area (Å²) in [5.41, 5.74) is 3.28. The van der Waals surface area contributed by atoms with Crippen molar-refractivity contribution >= 4 is 23.3 Å². The van der Waals surface area contributed by atoms with Crippen molar-refractivity contribution in [1.29, 1.82) is 0 Å². The third kappa shape index (κ3) is 5.50. The number of benzene rings is 2. The fourth-order valence-corrected chi connectivity index (χ4v) is 3.62. The molecule has 0 aliphatic rings. The summed E-state index contributed by atoms with van der Waals surface area (Å²) < 4.78 is 7.59. The van der Waals surface area contributed by atoms with E-state index in [-0.39, 0.29) is 18.1 Å². The first kappa shape index (κ1) is 23.2. The Bertz CT molecular complexity index is 1330. The van der Waals surface area contributed by atoms with E-state index in [4.69, 9.17) is 16.3 Å². The van der Waals surface area contributed by atoms with Crippen LogP contribution in [0.2, 0.25) is 5.02 Å². The number of carbonyl (C=O) groups is 2. The number of nitrogens with one attached hydrogen (secondary N) is 1. The molecule has 2 aromatic heterocycles. The Hall–Kier alpha value is -3.97. The summed E-state index contributed by atoms with van der Waals surface area (Å²) in [6.07, 6.45) is 3.31. The van der Waals surface area contributed by atoms with Gasteiger partial charge in [0.15, 0.2) is 5.78 Å². The molecule has 0 aliphatic heterocycles. The number of amides is 1. The molecule has 0 spiro atoms. The van der Waals surface area contributed by atoms with Crippen molar-refractivity contribution in [1.82, 2.24) is 20.1 Å². The maximum atomic E-state index is 12.8. The van der Waals surface area contributed by atoms with Crippen LogP contribution in [0.4, 0.5) is 0 Å². The quantitative estimate of drug-likeness (QED) is 0.366. The molecule has 0 atom stereocenters. The Kier molecular flexibility index (Phi) is 7.04. The summed E-state index contributed by atoms with van der Waals surface area (Å²) in [6.45, 7) is 2.22. The second-order valence-electron chi connectivity index (χ2n) is 7.76. The van der Waals surface area contributed by atoms with Crippen LogP contribution in [0, 0.1) is 6.92 Å². The molecule has 2 heterocycles. The van der Waals surface area contributed by atoms with Gasteiger partial charge in [-0.05, 0) is 48.9 Å². The molecule has 0 saturated carbocycles. The Morgan fingerprint density at radius 2 is 1.85 bits per heavy atom. The van der Waals surface area contributed by atoms with Gasteiger partial charge in [0, 0.05) is 48.2 Å². The van der Waals surface area contributed by atoms with E-state index < -0.39 is 0 Å². The van der Waals surface area contributed by atoms with Gasteiger partial charge >= 0.3 is 0 Å². The molecule has 7 nitrogen and oxygen atoms in total. The van der Waals surface area contributed by atoms with E-state index in [1.807, 2.05) is 19.1 Å². The Morgan fingerprint density at radius 1 is 1.06 bits per heavy atom. The van der Waals surface area contributed by atoms with E-state index in [0.29, 0.717) is 45.6 Å². The number of nitrogens with zero attached hydrogens (tertiary/aromatic N) is 3. The lowest BCUT2D eigenvalue weighted by molar-refractivity contribution is 0.0948. The molecule has 0 unspecified atom stereocenters. The zero-order valence-corrected chi connectivity index (χ0v) is 19.5. The lowest BCUT2D eigenvalue weighted by Gasteiger charge is -2.13. The summed E-state index contributed by atoms with van der Waals surface area (Å²) in [5.74, 6) is 0.800. The van der Waals surface area contributed by atoms with Crippen LogP contribution < -0.4 is 10.1 Å². The normalized spacial score (nSPS) is 10.7. The summed E-state index contributed by atoms with van der Waals surface area (Å²) in [4.78, 5) is 29.6. The Balaban J connectivity index is 1.45. The highest BCUT2D eigenvalue weighted by Gasteiger charge is 2.15. The van der Waals surface area contributed by atoms with Crippen molar-refractivity contribution in [2.45, 2.75) is 19.9 Å². The van der Waals surface area contributed by atoms with Gasteiger partial charge < -0.3 is 10.1 Å². The fourth-order valence-electron chi connectivity index (χ4n) is 3.50. The molecule has 8 heteroatoms. The summed E-state index contributed by atoms with van der Waals surface area (Å²) in [7, 11) is 1.72. The molecule has 0 saturated heterocycles. The zero-order valence-electron chi connectivity index (χ0n) is 18.8. The highest BCUT2D eigenvalue weighted by atomic mass is 35.5. The number of hydrogen-bond donors (Lipinski definition) is 1. The van der Waals surface area contributed by atoms with Crippen molar-refractivity contribution < 1.29 is 14.3 Å². The lowest BCUT2D eigenvalue weighted by atomic mass is 10.1. The van der Waals surface area contributed by atoms with E-state index in [1.165, 1.54) is 4.68 Å². The highest BCUT2D eigenvalue weighted by molar-refractivity contribution is 6.30. The number of aryl methyl sites for hydroxylation is 1. The number of ether oxygens (including phenoxy) is 1. The first-order chi connectivity index (χ1) is 16.4. The van der Waals surface area contributed by atoms with Gasteiger partial charge in [0.2, 0.25) is 0 Å². The van der Waals surface area contributed by atoms with E-state index in [0.717, 1.165) is 5.56 Å². The highest BCUT2D eigenvalue weighted by Crippen LogP contribution is 2.27. The van der Waals surface area contributed by atoms with Crippen molar-refractivity contribution in [2.24, 2.45) is 7.05 Å². The van der Waals surface area contributed by atoms with E-state index in [2.05, 4.69) is 15.4 Å². The number of halogens is 1. The van der Waals surface area contributed by atoms with Gasteiger partial charge in [-0.3, -0.25) is 19.3 Å². The minimum Gasteiger partial charge on any atom is -0.457 e. The maximum absolute atomic E-state index is 12.8. The standard InChI is InChI=1S/C26H23ClN4O3/c1-17-22(26(33)29-16-18-6-8-19(27)9-7-18)4-3-5-25(17)34-21-10-12-28-20(14-21)15-24(32)23-11-13-30-31(23)2/h3-14H,15-16H2,1-2H3,(H,29,33). The summed E-state index contributed by atoms with van der Waals surface area (Å²) >= 11 is 5.91. The van der Waals surface area contributed by atoms with Gasteiger partial charge in [-0.15, -0.1) is 0 Å². The molecule has 0 fully saturated rings. The van der Waals surface area contributed by atoms with Crippen molar-refractivity contribution in [3.05, 3.63) is 106 Å². The van der Waals surface area contributed by atoms with Crippen LogP contribution in [-0.2, 0) is 20.0 Å². The van der Waals surface area contributed by atoms with Crippen molar-refractivity contribution in [2.75, 3.05) is 0 Å². The molecule has 1 N–H and O–H groups in total. The second kappa shape index (κ2) is 10.3. The topological polar surface area (TPSA) is 86.1 Å². The first-order valence-corrected chi connectivity index (χ1v) is 11.0. The van der Waals surface area contributed by atoms with E-state index >= 15 is 0 Å². The molecule has 4 aromatic rings. The van der Waals surface area contributed by atoms with Crippen LogP contribution in [0.3, 0.4) is 0 Å². The fraction of sp³-hybridized carbons (Fsp3) is 0.154. The lowest BCUT2D eigenvalue weighted by Crippen LogP contribution is -2.23. The molecular formula is C26H23ClN4O3. The molecule has 1 amide bonds. The van der Waals surface area contributed by atoms with Crippen molar-refractivity contribution in [3.8, 4) is 11.5 Å². The molecule has 0 radical (unpaired) electrons.